The molecule has 6 heteroatoms. The summed E-state index contributed by atoms with van der Waals surface area (Å²) < 4.78 is 0. The van der Waals surface area contributed by atoms with Crippen molar-refractivity contribution >= 4 is 29.3 Å². The molecule has 0 aliphatic heterocycles. The molecule has 0 spiro atoms. The predicted molar refractivity (Wildman–Crippen MR) is 83.8 cm³/mol. The average molecular weight is 281 g/mol. The number of nitrogen functional groups attached to an aromatic ring is 1. The van der Waals surface area contributed by atoms with Gasteiger partial charge < -0.3 is 16.4 Å². The van der Waals surface area contributed by atoms with E-state index in [0.29, 0.717) is 12.0 Å². The Hall–Kier alpha value is -1.17. The molecule has 1 fully saturated rings. The van der Waals surface area contributed by atoms with Crippen molar-refractivity contribution in [3.63, 3.8) is 0 Å². The zero-order valence-electron chi connectivity index (χ0n) is 11.6. The van der Waals surface area contributed by atoms with Gasteiger partial charge in [-0.1, -0.05) is 6.92 Å². The van der Waals surface area contributed by atoms with Crippen LogP contribution in [0.2, 0.25) is 0 Å². The van der Waals surface area contributed by atoms with E-state index >= 15 is 0 Å². The molecular formula is C13H23N5S. The molecule has 19 heavy (non-hydrogen) atoms. The van der Waals surface area contributed by atoms with Crippen LogP contribution in [0, 0.1) is 0 Å². The molecule has 106 valence electrons. The topological polar surface area (TPSA) is 75.9 Å². The third-order valence-electron chi connectivity index (χ3n) is 3.24. The summed E-state index contributed by atoms with van der Waals surface area (Å²) in [5, 5.41) is 7.44. The van der Waals surface area contributed by atoms with Gasteiger partial charge in [-0.3, -0.25) is 0 Å². The maximum Gasteiger partial charge on any atom is 0.223 e. The average Bonchev–Trinajstić information content (AvgIpc) is 2.76. The van der Waals surface area contributed by atoms with Gasteiger partial charge in [0, 0.05) is 23.9 Å². The fourth-order valence-corrected chi connectivity index (χ4v) is 3.62. The molecule has 1 heterocycles. The maximum atomic E-state index is 5.73. The number of rotatable bonds is 6. The van der Waals surface area contributed by atoms with E-state index in [4.69, 9.17) is 5.73 Å². The first-order chi connectivity index (χ1) is 9.21. The molecular weight excluding hydrogens is 258 g/mol. The molecule has 1 aliphatic carbocycles. The van der Waals surface area contributed by atoms with E-state index in [-0.39, 0.29) is 0 Å². The van der Waals surface area contributed by atoms with Crippen LogP contribution in [0.15, 0.2) is 6.07 Å². The summed E-state index contributed by atoms with van der Waals surface area (Å²) in [7, 11) is 0. The zero-order chi connectivity index (χ0) is 13.7. The number of nitrogens with one attached hydrogen (secondary N) is 2. The SMILES string of the molecule is CCNc1cc(NC2CCC(SCC)C2)nc(N)n1. The lowest BCUT2D eigenvalue weighted by atomic mass is 10.2. The lowest BCUT2D eigenvalue weighted by molar-refractivity contribution is 0.751. The van der Waals surface area contributed by atoms with Gasteiger partial charge in [0.05, 0.1) is 0 Å². The van der Waals surface area contributed by atoms with Gasteiger partial charge >= 0.3 is 0 Å². The minimum atomic E-state index is 0.318. The minimum absolute atomic E-state index is 0.318. The lowest BCUT2D eigenvalue weighted by Gasteiger charge is -2.15. The summed E-state index contributed by atoms with van der Waals surface area (Å²) in [6.07, 6.45) is 3.70. The van der Waals surface area contributed by atoms with Crippen molar-refractivity contribution in [3.05, 3.63) is 6.07 Å². The van der Waals surface area contributed by atoms with Crippen LogP contribution in [-0.2, 0) is 0 Å². The molecule has 2 rings (SSSR count). The molecule has 5 nitrogen and oxygen atoms in total. The van der Waals surface area contributed by atoms with Crippen LogP contribution in [0.5, 0.6) is 0 Å². The number of aromatic nitrogens is 2. The Bertz CT molecular complexity index is 412. The van der Waals surface area contributed by atoms with Gasteiger partial charge in [-0.05, 0) is 31.9 Å². The first kappa shape index (κ1) is 14.2. The van der Waals surface area contributed by atoms with Crippen LogP contribution < -0.4 is 16.4 Å². The molecule has 1 aromatic rings. The highest BCUT2D eigenvalue weighted by Crippen LogP contribution is 2.31. The van der Waals surface area contributed by atoms with Crippen LogP contribution >= 0.6 is 11.8 Å². The highest BCUT2D eigenvalue weighted by molar-refractivity contribution is 7.99. The molecule has 2 unspecified atom stereocenters. The van der Waals surface area contributed by atoms with Gasteiger partial charge in [0.25, 0.3) is 0 Å². The van der Waals surface area contributed by atoms with Crippen LogP contribution in [0.1, 0.15) is 33.1 Å². The highest BCUT2D eigenvalue weighted by Gasteiger charge is 2.24. The fraction of sp³-hybridized carbons (Fsp3) is 0.692. The fourth-order valence-electron chi connectivity index (χ4n) is 2.48. The molecule has 1 aliphatic rings. The molecule has 0 bridgehead atoms. The Morgan fingerprint density at radius 1 is 1.32 bits per heavy atom. The standard InChI is InChI=1S/C13H23N5S/c1-3-15-11-8-12(18-13(14)17-11)16-9-5-6-10(7-9)19-4-2/h8-10H,3-7H2,1-2H3,(H4,14,15,16,17,18). The van der Waals surface area contributed by atoms with Gasteiger partial charge in [-0.15, -0.1) is 0 Å². The monoisotopic (exact) mass is 281 g/mol. The molecule has 1 saturated carbocycles. The quantitative estimate of drug-likeness (QED) is 0.744. The third-order valence-corrected chi connectivity index (χ3v) is 4.47. The summed E-state index contributed by atoms with van der Waals surface area (Å²) in [5.41, 5.74) is 5.73. The van der Waals surface area contributed by atoms with Crippen molar-refractivity contribution in [2.45, 2.75) is 44.4 Å². The smallest absolute Gasteiger partial charge is 0.223 e. The van der Waals surface area contributed by atoms with Crippen molar-refractivity contribution in [1.82, 2.24) is 9.97 Å². The number of nitrogens with zero attached hydrogens (tertiary/aromatic N) is 2. The summed E-state index contributed by atoms with van der Waals surface area (Å²) >= 11 is 2.06. The number of anilines is 3. The number of nitrogens with two attached hydrogens (primary N) is 1. The Balaban J connectivity index is 1.95. The van der Waals surface area contributed by atoms with E-state index in [2.05, 4.69) is 39.3 Å². The van der Waals surface area contributed by atoms with Crippen LogP contribution in [0.4, 0.5) is 17.6 Å². The zero-order valence-corrected chi connectivity index (χ0v) is 12.5. The molecule has 0 amide bonds. The van der Waals surface area contributed by atoms with Crippen LogP contribution in [0.3, 0.4) is 0 Å². The number of thioether (sulfide) groups is 1. The first-order valence-electron chi connectivity index (χ1n) is 6.97. The van der Waals surface area contributed by atoms with Crippen LogP contribution in [-0.4, -0.2) is 33.6 Å². The van der Waals surface area contributed by atoms with Crippen LogP contribution in [0.25, 0.3) is 0 Å². The number of hydrogen-bond acceptors (Lipinski definition) is 6. The van der Waals surface area contributed by atoms with E-state index in [9.17, 15) is 0 Å². The summed E-state index contributed by atoms with van der Waals surface area (Å²) in [6, 6.07) is 2.44. The van der Waals surface area contributed by atoms with Gasteiger partial charge in [-0.25, -0.2) is 0 Å². The summed E-state index contributed by atoms with van der Waals surface area (Å²) in [6.45, 7) is 5.09. The van der Waals surface area contributed by atoms with Crippen molar-refractivity contribution in [2.24, 2.45) is 0 Å². The largest absolute Gasteiger partial charge is 0.370 e. The van der Waals surface area contributed by atoms with Gasteiger partial charge in [0.1, 0.15) is 11.6 Å². The Morgan fingerprint density at radius 3 is 2.84 bits per heavy atom. The minimum Gasteiger partial charge on any atom is -0.370 e. The van der Waals surface area contributed by atoms with Gasteiger partial charge in [-0.2, -0.15) is 21.7 Å². The first-order valence-corrected chi connectivity index (χ1v) is 8.02. The molecule has 4 N–H and O–H groups in total. The highest BCUT2D eigenvalue weighted by atomic mass is 32.2. The second kappa shape index (κ2) is 6.84. The maximum absolute atomic E-state index is 5.73. The lowest BCUT2D eigenvalue weighted by Crippen LogP contribution is -2.18. The summed E-state index contributed by atoms with van der Waals surface area (Å²) in [5.74, 6) is 3.13. The molecule has 2 atom stereocenters. The van der Waals surface area contributed by atoms with Gasteiger partial charge in [0.15, 0.2) is 0 Å². The van der Waals surface area contributed by atoms with Crippen molar-refractivity contribution < 1.29 is 0 Å². The second-order valence-electron chi connectivity index (χ2n) is 4.76. The predicted octanol–water partition coefficient (Wildman–Crippen LogP) is 2.58. The van der Waals surface area contributed by atoms with Crippen molar-refractivity contribution in [3.8, 4) is 0 Å². The second-order valence-corrected chi connectivity index (χ2v) is 6.34. The Kier molecular flexibility index (Phi) is 5.13. The third kappa shape index (κ3) is 4.16. The number of hydrogen-bond donors (Lipinski definition) is 3. The summed E-state index contributed by atoms with van der Waals surface area (Å²) in [4.78, 5) is 8.41. The van der Waals surface area contributed by atoms with Crippen molar-refractivity contribution in [2.75, 3.05) is 28.7 Å². The van der Waals surface area contributed by atoms with E-state index in [1.54, 1.807) is 0 Å². The normalized spacial score (nSPS) is 22.4. The molecule has 0 radical (unpaired) electrons. The van der Waals surface area contributed by atoms with E-state index in [1.807, 2.05) is 13.0 Å². The Labute approximate surface area is 119 Å². The van der Waals surface area contributed by atoms with Crippen molar-refractivity contribution in [1.29, 1.82) is 0 Å². The Morgan fingerprint density at radius 2 is 2.11 bits per heavy atom. The van der Waals surface area contributed by atoms with E-state index < -0.39 is 0 Å². The molecule has 0 saturated heterocycles. The molecule has 0 aromatic carbocycles. The van der Waals surface area contributed by atoms with Gasteiger partial charge in [0.2, 0.25) is 5.95 Å². The molecule has 1 aromatic heterocycles. The van der Waals surface area contributed by atoms with E-state index in [1.165, 1.54) is 25.0 Å². The van der Waals surface area contributed by atoms with E-state index in [0.717, 1.165) is 23.4 Å².